The molecule has 7 nitrogen and oxygen atoms in total. The van der Waals surface area contributed by atoms with Crippen LogP contribution in [0.15, 0.2) is 89.4 Å². The fourth-order valence-electron chi connectivity index (χ4n) is 4.54. The molecular formula is C28H26N2O5S2. The number of hydrogen-bond donors (Lipinski definition) is 1. The minimum absolute atomic E-state index is 0.168. The highest BCUT2D eigenvalue weighted by atomic mass is 32.2. The highest BCUT2D eigenvalue weighted by molar-refractivity contribution is 8.00. The predicted molar refractivity (Wildman–Crippen MR) is 142 cm³/mol. The summed E-state index contributed by atoms with van der Waals surface area (Å²) in [5.74, 6) is -1.19. The standard InChI is InChI=1S/C28H26N2O5S2/c1-17-23(27(33)35-24(18-10-5-3-6-11-18)19-12-7-4-8-13-19)30-25(32)22(26(30)37-28(17)34-2)29-21(31)16-20-14-9-15-36-20/h3-15,22,24,26,28H,16H2,1-2H3,(H,29,31)/t22-,26+,28-/m0/s1. The van der Waals surface area contributed by atoms with E-state index in [9.17, 15) is 14.4 Å². The van der Waals surface area contributed by atoms with Crippen molar-refractivity contribution in [2.75, 3.05) is 7.11 Å². The molecule has 9 heteroatoms. The predicted octanol–water partition coefficient (Wildman–Crippen LogP) is 4.27. The van der Waals surface area contributed by atoms with E-state index >= 15 is 0 Å². The second-order valence-electron chi connectivity index (χ2n) is 8.74. The lowest BCUT2D eigenvalue weighted by Gasteiger charge is -2.51. The van der Waals surface area contributed by atoms with E-state index in [4.69, 9.17) is 9.47 Å². The number of methoxy groups -OCH3 is 1. The highest BCUT2D eigenvalue weighted by Gasteiger charge is 2.56. The van der Waals surface area contributed by atoms with Gasteiger partial charge >= 0.3 is 5.97 Å². The smallest absolute Gasteiger partial charge is 0.356 e. The molecule has 2 aromatic carbocycles. The van der Waals surface area contributed by atoms with Crippen molar-refractivity contribution in [1.29, 1.82) is 0 Å². The number of amides is 2. The summed E-state index contributed by atoms with van der Waals surface area (Å²) in [5.41, 5.74) is 1.95. The number of esters is 1. The largest absolute Gasteiger partial charge is 0.448 e. The number of rotatable bonds is 8. The van der Waals surface area contributed by atoms with E-state index < -0.39 is 28.9 Å². The van der Waals surface area contributed by atoms with E-state index in [1.54, 1.807) is 14.0 Å². The van der Waals surface area contributed by atoms with Gasteiger partial charge in [-0.1, -0.05) is 78.5 Å². The SMILES string of the molecule is CO[C@H]1S[C@@H]2[C@@H](NC(=O)Cc3cccs3)C(=O)N2C(C(=O)OC(c2ccccc2)c2ccccc2)=C1C. The Morgan fingerprint density at radius 2 is 1.65 bits per heavy atom. The van der Waals surface area contributed by atoms with E-state index in [0.29, 0.717) is 5.57 Å². The molecule has 2 amide bonds. The number of β-lactam (4-membered cyclic amide) rings is 1. The maximum Gasteiger partial charge on any atom is 0.356 e. The van der Waals surface area contributed by atoms with Crippen molar-refractivity contribution in [3.63, 3.8) is 0 Å². The van der Waals surface area contributed by atoms with Crippen molar-refractivity contribution >= 4 is 40.9 Å². The maximum absolute atomic E-state index is 13.7. The third-order valence-electron chi connectivity index (χ3n) is 6.34. The van der Waals surface area contributed by atoms with Crippen LogP contribution in [-0.2, 0) is 30.3 Å². The zero-order valence-electron chi connectivity index (χ0n) is 20.3. The Morgan fingerprint density at radius 3 is 2.22 bits per heavy atom. The third-order valence-corrected chi connectivity index (χ3v) is 8.77. The lowest BCUT2D eigenvalue weighted by molar-refractivity contribution is -0.155. The molecule has 1 saturated heterocycles. The summed E-state index contributed by atoms with van der Waals surface area (Å²) in [4.78, 5) is 41.9. The lowest BCUT2D eigenvalue weighted by atomic mass is 10.0. The van der Waals surface area contributed by atoms with Gasteiger partial charge in [0.15, 0.2) is 6.10 Å². The number of hydrogen-bond acceptors (Lipinski definition) is 7. The van der Waals surface area contributed by atoms with Crippen LogP contribution in [0.25, 0.3) is 0 Å². The summed E-state index contributed by atoms with van der Waals surface area (Å²) < 4.78 is 11.7. The van der Waals surface area contributed by atoms with Gasteiger partial charge in [0.1, 0.15) is 22.5 Å². The van der Waals surface area contributed by atoms with E-state index in [1.807, 2.05) is 78.2 Å². The van der Waals surface area contributed by atoms with Crippen LogP contribution in [-0.4, -0.2) is 46.6 Å². The second kappa shape index (κ2) is 10.9. The molecule has 1 fully saturated rings. The number of carbonyl (C=O) groups excluding carboxylic acids is 3. The molecule has 0 aliphatic carbocycles. The molecule has 3 heterocycles. The highest BCUT2D eigenvalue weighted by Crippen LogP contribution is 2.45. The zero-order valence-corrected chi connectivity index (χ0v) is 22.0. The van der Waals surface area contributed by atoms with Crippen LogP contribution < -0.4 is 5.32 Å². The fraction of sp³-hybridized carbons (Fsp3) is 0.250. The number of thioether (sulfide) groups is 1. The molecule has 190 valence electrons. The van der Waals surface area contributed by atoms with Gasteiger partial charge in [0.05, 0.1) is 6.42 Å². The molecule has 0 spiro atoms. The van der Waals surface area contributed by atoms with Crippen LogP contribution in [0.1, 0.15) is 29.0 Å². The first-order chi connectivity index (χ1) is 18.0. The molecule has 0 unspecified atom stereocenters. The minimum Gasteiger partial charge on any atom is -0.448 e. The van der Waals surface area contributed by atoms with E-state index in [0.717, 1.165) is 16.0 Å². The Hall–Kier alpha value is -3.40. The van der Waals surface area contributed by atoms with Crippen LogP contribution in [0.3, 0.4) is 0 Å². The molecule has 5 rings (SSSR count). The van der Waals surface area contributed by atoms with E-state index in [-0.39, 0.29) is 23.9 Å². The Balaban J connectivity index is 1.39. The summed E-state index contributed by atoms with van der Waals surface area (Å²) >= 11 is 2.88. The number of fused-ring (bicyclic) bond motifs is 1. The zero-order chi connectivity index (χ0) is 25.9. The average molecular weight is 535 g/mol. The number of nitrogens with zero attached hydrogens (tertiary/aromatic N) is 1. The van der Waals surface area contributed by atoms with Gasteiger partial charge in [-0.05, 0) is 35.1 Å². The van der Waals surface area contributed by atoms with Gasteiger partial charge in [0.25, 0.3) is 5.91 Å². The molecule has 3 aromatic rings. The van der Waals surface area contributed by atoms with Gasteiger partial charge in [-0.15, -0.1) is 11.3 Å². The quantitative estimate of drug-likeness (QED) is 0.343. The molecule has 3 atom stereocenters. The van der Waals surface area contributed by atoms with Gasteiger partial charge in [-0.2, -0.15) is 0 Å². The number of carbonyl (C=O) groups is 3. The van der Waals surface area contributed by atoms with Crippen molar-refractivity contribution in [2.24, 2.45) is 0 Å². The van der Waals surface area contributed by atoms with Gasteiger partial charge < -0.3 is 14.8 Å². The summed E-state index contributed by atoms with van der Waals surface area (Å²) in [7, 11) is 1.56. The second-order valence-corrected chi connectivity index (χ2v) is 11.0. The third kappa shape index (κ3) is 5.07. The fourth-order valence-corrected chi connectivity index (χ4v) is 6.60. The normalized spacial score (nSPS) is 20.9. The monoisotopic (exact) mass is 534 g/mol. The summed E-state index contributed by atoms with van der Waals surface area (Å²) in [5, 5.41) is 4.28. The summed E-state index contributed by atoms with van der Waals surface area (Å²) in [6.07, 6.45) is -0.450. The van der Waals surface area contributed by atoms with E-state index in [2.05, 4.69) is 5.32 Å². The maximum atomic E-state index is 13.7. The molecular weight excluding hydrogens is 508 g/mol. The Kier molecular flexibility index (Phi) is 7.45. The van der Waals surface area contributed by atoms with Crippen molar-refractivity contribution in [3.05, 3.63) is 105 Å². The van der Waals surface area contributed by atoms with Gasteiger partial charge in [-0.3, -0.25) is 14.5 Å². The van der Waals surface area contributed by atoms with Gasteiger partial charge in [-0.25, -0.2) is 4.79 Å². The first kappa shape index (κ1) is 25.3. The average Bonchev–Trinajstić information content (AvgIpc) is 3.44. The number of thiophene rings is 1. The van der Waals surface area contributed by atoms with Crippen molar-refractivity contribution < 1.29 is 23.9 Å². The lowest BCUT2D eigenvalue weighted by Crippen LogP contribution is -2.71. The van der Waals surface area contributed by atoms with Crippen molar-refractivity contribution in [2.45, 2.75) is 36.3 Å². The molecule has 37 heavy (non-hydrogen) atoms. The van der Waals surface area contributed by atoms with Crippen LogP contribution >= 0.6 is 23.1 Å². The Morgan fingerprint density at radius 1 is 1.00 bits per heavy atom. The van der Waals surface area contributed by atoms with Crippen LogP contribution in [0.4, 0.5) is 0 Å². The molecule has 0 bridgehead atoms. The Bertz CT molecular complexity index is 1270. The summed E-state index contributed by atoms with van der Waals surface area (Å²) in [6, 6.07) is 22.0. The number of benzene rings is 2. The number of ether oxygens (including phenoxy) is 2. The Labute approximate surface area is 223 Å². The van der Waals surface area contributed by atoms with Crippen molar-refractivity contribution in [3.8, 4) is 0 Å². The molecule has 2 aliphatic heterocycles. The molecule has 1 N–H and O–H groups in total. The molecule has 0 radical (unpaired) electrons. The van der Waals surface area contributed by atoms with E-state index in [1.165, 1.54) is 28.0 Å². The van der Waals surface area contributed by atoms with Crippen molar-refractivity contribution in [1.82, 2.24) is 10.2 Å². The minimum atomic E-state index is -0.745. The summed E-state index contributed by atoms with van der Waals surface area (Å²) in [6.45, 7) is 1.77. The molecule has 1 aromatic heterocycles. The molecule has 2 aliphatic rings. The van der Waals surface area contributed by atoms with Crippen LogP contribution in [0, 0.1) is 0 Å². The van der Waals surface area contributed by atoms with Crippen LogP contribution in [0.5, 0.6) is 0 Å². The van der Waals surface area contributed by atoms with Gasteiger partial charge in [0.2, 0.25) is 5.91 Å². The van der Waals surface area contributed by atoms with Crippen LogP contribution in [0.2, 0.25) is 0 Å². The number of nitrogens with one attached hydrogen (secondary N) is 1. The first-order valence-electron chi connectivity index (χ1n) is 11.8. The van der Waals surface area contributed by atoms with Gasteiger partial charge in [0, 0.05) is 12.0 Å². The first-order valence-corrected chi connectivity index (χ1v) is 13.6. The molecule has 0 saturated carbocycles. The topological polar surface area (TPSA) is 84.9 Å².